The van der Waals surface area contributed by atoms with E-state index in [0.717, 1.165) is 12.1 Å². The number of hydrogen-bond acceptors (Lipinski definition) is 5. The Kier molecular flexibility index (Phi) is 6.97. The molecule has 0 radical (unpaired) electrons. The van der Waals surface area contributed by atoms with E-state index < -0.39 is 0 Å². The summed E-state index contributed by atoms with van der Waals surface area (Å²) >= 11 is 1.27. The minimum absolute atomic E-state index is 0.144. The number of carbonyl (C=O) groups is 2. The molecule has 0 atom stereocenters. The number of aromatic nitrogens is 1. The molecule has 0 saturated carbocycles. The summed E-state index contributed by atoms with van der Waals surface area (Å²) in [5.74, 6) is -0.296. The lowest BCUT2D eigenvalue weighted by molar-refractivity contribution is -0.115. The molecule has 7 heteroatoms. The number of rotatable bonds is 9. The van der Waals surface area contributed by atoms with Crippen LogP contribution in [0.3, 0.4) is 0 Å². The van der Waals surface area contributed by atoms with Crippen LogP contribution < -0.4 is 10.6 Å². The molecule has 0 aliphatic heterocycles. The van der Waals surface area contributed by atoms with Gasteiger partial charge in [0.2, 0.25) is 5.91 Å². The zero-order valence-corrected chi connectivity index (χ0v) is 16.6. The molecule has 2 N–H and O–H groups in total. The monoisotopic (exact) mass is 397 g/mol. The minimum atomic E-state index is -0.366. The predicted molar refractivity (Wildman–Crippen MR) is 111 cm³/mol. The number of aryl methyl sites for hydroxylation is 1. The van der Waals surface area contributed by atoms with Crippen LogP contribution in [-0.2, 0) is 17.6 Å². The molecule has 28 heavy (non-hydrogen) atoms. The van der Waals surface area contributed by atoms with Gasteiger partial charge in [-0.3, -0.25) is 14.9 Å². The van der Waals surface area contributed by atoms with Gasteiger partial charge in [0, 0.05) is 11.1 Å². The number of anilines is 2. The summed E-state index contributed by atoms with van der Waals surface area (Å²) in [4.78, 5) is 28.5. The van der Waals surface area contributed by atoms with E-state index in [4.69, 9.17) is 4.42 Å². The van der Waals surface area contributed by atoms with E-state index in [0.29, 0.717) is 10.8 Å². The molecule has 0 aliphatic carbocycles. The molecule has 0 fully saturated rings. The van der Waals surface area contributed by atoms with E-state index >= 15 is 0 Å². The Labute approximate surface area is 168 Å². The zero-order valence-electron chi connectivity index (χ0n) is 15.7. The van der Waals surface area contributed by atoms with E-state index in [1.54, 1.807) is 17.5 Å². The number of unbranched alkanes of at least 4 members (excludes halogenated alkanes) is 2. The van der Waals surface area contributed by atoms with Gasteiger partial charge in [-0.2, -0.15) is 0 Å². The minimum Gasteiger partial charge on any atom is -0.459 e. The van der Waals surface area contributed by atoms with Gasteiger partial charge in [-0.15, -0.1) is 11.3 Å². The van der Waals surface area contributed by atoms with Crippen LogP contribution >= 0.6 is 11.3 Å². The number of nitrogens with zero attached hydrogens (tertiary/aromatic N) is 1. The summed E-state index contributed by atoms with van der Waals surface area (Å²) < 4.78 is 5.04. The van der Waals surface area contributed by atoms with Crippen molar-refractivity contribution in [3.63, 3.8) is 0 Å². The van der Waals surface area contributed by atoms with Crippen LogP contribution in [0.2, 0.25) is 0 Å². The fraction of sp³-hybridized carbons (Fsp3) is 0.286. The van der Waals surface area contributed by atoms with Crippen molar-refractivity contribution in [2.45, 2.75) is 39.0 Å². The Morgan fingerprint density at radius 2 is 1.93 bits per heavy atom. The van der Waals surface area contributed by atoms with Crippen LogP contribution in [0.4, 0.5) is 10.8 Å². The molecular weight excluding hydrogens is 374 g/mol. The molecule has 3 rings (SSSR count). The van der Waals surface area contributed by atoms with Gasteiger partial charge < -0.3 is 9.73 Å². The SMILES string of the molecule is CCCCCc1ccc(NC(=O)Cc2csc(NC(=O)c3ccco3)n2)cc1. The van der Waals surface area contributed by atoms with Gasteiger partial charge in [0.05, 0.1) is 18.4 Å². The van der Waals surface area contributed by atoms with Crippen LogP contribution in [0, 0.1) is 0 Å². The van der Waals surface area contributed by atoms with Crippen molar-refractivity contribution in [1.29, 1.82) is 0 Å². The Hall–Kier alpha value is -2.93. The highest BCUT2D eigenvalue weighted by molar-refractivity contribution is 7.14. The Morgan fingerprint density at radius 1 is 1.11 bits per heavy atom. The van der Waals surface area contributed by atoms with Gasteiger partial charge >= 0.3 is 0 Å². The molecular formula is C21H23N3O3S. The molecule has 2 aromatic heterocycles. The van der Waals surface area contributed by atoms with Crippen molar-refractivity contribution in [2.24, 2.45) is 0 Å². The lowest BCUT2D eigenvalue weighted by Crippen LogP contribution is -2.15. The molecule has 0 aliphatic rings. The molecule has 2 amide bonds. The molecule has 1 aromatic carbocycles. The van der Waals surface area contributed by atoms with Crippen LogP contribution in [-0.4, -0.2) is 16.8 Å². The Morgan fingerprint density at radius 3 is 2.64 bits per heavy atom. The van der Waals surface area contributed by atoms with E-state index in [9.17, 15) is 9.59 Å². The van der Waals surface area contributed by atoms with Gasteiger partial charge in [0.15, 0.2) is 10.9 Å². The molecule has 6 nitrogen and oxygen atoms in total. The van der Waals surface area contributed by atoms with Gasteiger partial charge in [0.1, 0.15) is 0 Å². The van der Waals surface area contributed by atoms with Gasteiger partial charge in [-0.1, -0.05) is 31.9 Å². The fourth-order valence-corrected chi connectivity index (χ4v) is 3.42. The normalized spacial score (nSPS) is 10.6. The smallest absolute Gasteiger partial charge is 0.293 e. The molecule has 2 heterocycles. The molecule has 146 valence electrons. The summed E-state index contributed by atoms with van der Waals surface area (Å²) in [5, 5.41) is 7.73. The largest absolute Gasteiger partial charge is 0.459 e. The Bertz CT molecular complexity index is 901. The summed E-state index contributed by atoms with van der Waals surface area (Å²) in [6.45, 7) is 2.19. The number of carbonyl (C=O) groups excluding carboxylic acids is 2. The summed E-state index contributed by atoms with van der Waals surface area (Å²) in [6, 6.07) is 11.2. The lowest BCUT2D eigenvalue weighted by Gasteiger charge is -2.06. The number of hydrogen-bond donors (Lipinski definition) is 2. The van der Waals surface area contributed by atoms with Gasteiger partial charge in [-0.05, 0) is 42.7 Å². The van der Waals surface area contributed by atoms with E-state index in [1.165, 1.54) is 42.4 Å². The second kappa shape index (κ2) is 9.85. The first kappa shape index (κ1) is 19.8. The topological polar surface area (TPSA) is 84.2 Å². The predicted octanol–water partition coefficient (Wildman–Crippen LogP) is 4.90. The highest BCUT2D eigenvalue weighted by atomic mass is 32.1. The van der Waals surface area contributed by atoms with Crippen molar-refractivity contribution in [1.82, 2.24) is 4.98 Å². The van der Waals surface area contributed by atoms with Crippen molar-refractivity contribution in [3.8, 4) is 0 Å². The lowest BCUT2D eigenvalue weighted by atomic mass is 10.1. The van der Waals surface area contributed by atoms with Crippen molar-refractivity contribution < 1.29 is 14.0 Å². The van der Waals surface area contributed by atoms with Crippen molar-refractivity contribution >= 4 is 34.0 Å². The number of amides is 2. The second-order valence-corrected chi connectivity index (χ2v) is 7.31. The molecule has 3 aromatic rings. The first-order chi connectivity index (χ1) is 13.6. The second-order valence-electron chi connectivity index (χ2n) is 6.45. The number of benzene rings is 1. The quantitative estimate of drug-likeness (QED) is 0.503. The number of nitrogens with one attached hydrogen (secondary N) is 2. The van der Waals surface area contributed by atoms with Crippen LogP contribution in [0.1, 0.15) is 48.0 Å². The van der Waals surface area contributed by atoms with E-state index in [1.807, 2.05) is 12.1 Å². The average Bonchev–Trinajstić information content (AvgIpc) is 3.36. The van der Waals surface area contributed by atoms with E-state index in [-0.39, 0.29) is 24.0 Å². The first-order valence-electron chi connectivity index (χ1n) is 9.32. The summed E-state index contributed by atoms with van der Waals surface area (Å²) in [7, 11) is 0. The molecule has 0 bridgehead atoms. The van der Waals surface area contributed by atoms with Gasteiger partial charge in [0.25, 0.3) is 5.91 Å². The summed E-state index contributed by atoms with van der Waals surface area (Å²) in [6.07, 6.45) is 6.27. The van der Waals surface area contributed by atoms with Crippen molar-refractivity contribution in [3.05, 3.63) is 65.1 Å². The molecule has 0 saturated heterocycles. The molecule has 0 spiro atoms. The fourth-order valence-electron chi connectivity index (χ4n) is 2.72. The highest BCUT2D eigenvalue weighted by Crippen LogP contribution is 2.18. The number of thiazole rings is 1. The maximum atomic E-state index is 12.2. The third-order valence-corrected chi connectivity index (χ3v) is 4.97. The zero-order chi connectivity index (χ0) is 19.8. The first-order valence-corrected chi connectivity index (χ1v) is 10.2. The third kappa shape index (κ3) is 5.79. The standard InChI is InChI=1S/C21H23N3O3S/c1-2-3-4-6-15-8-10-16(11-9-15)22-19(25)13-17-14-28-21(23-17)24-20(26)18-7-5-12-27-18/h5,7-12,14H,2-4,6,13H2,1H3,(H,22,25)(H,23,24,26). The maximum absolute atomic E-state index is 12.2. The van der Waals surface area contributed by atoms with Crippen LogP contribution in [0.15, 0.2) is 52.5 Å². The summed E-state index contributed by atoms with van der Waals surface area (Å²) in [5.41, 5.74) is 2.65. The van der Waals surface area contributed by atoms with E-state index in [2.05, 4.69) is 34.7 Å². The Balaban J connectivity index is 1.48. The van der Waals surface area contributed by atoms with Crippen LogP contribution in [0.5, 0.6) is 0 Å². The number of furan rings is 1. The van der Waals surface area contributed by atoms with Crippen LogP contribution in [0.25, 0.3) is 0 Å². The third-order valence-electron chi connectivity index (χ3n) is 4.17. The molecule has 0 unspecified atom stereocenters. The maximum Gasteiger partial charge on any atom is 0.293 e. The van der Waals surface area contributed by atoms with Gasteiger partial charge in [-0.25, -0.2) is 4.98 Å². The highest BCUT2D eigenvalue weighted by Gasteiger charge is 2.13. The average molecular weight is 398 g/mol. The van der Waals surface area contributed by atoms with Crippen molar-refractivity contribution in [2.75, 3.05) is 10.6 Å².